The van der Waals surface area contributed by atoms with Crippen molar-refractivity contribution in [1.29, 1.82) is 0 Å². The van der Waals surface area contributed by atoms with E-state index in [1.54, 1.807) is 0 Å². The van der Waals surface area contributed by atoms with Gasteiger partial charge < -0.3 is 4.42 Å². The van der Waals surface area contributed by atoms with E-state index in [4.69, 9.17) is 4.42 Å². The molecule has 0 saturated carbocycles. The second-order valence-corrected chi connectivity index (χ2v) is 7.19. The second-order valence-electron chi connectivity index (χ2n) is 4.55. The molecule has 4 nitrogen and oxygen atoms in total. The molecule has 2 aromatic heterocycles. The molecule has 1 aromatic carbocycles. The highest BCUT2D eigenvalue weighted by Gasteiger charge is 2.31. The summed E-state index contributed by atoms with van der Waals surface area (Å²) in [6.45, 7) is 0. The first-order chi connectivity index (χ1) is 11.4. The molecule has 0 unspecified atom stereocenters. The first-order valence-electron chi connectivity index (χ1n) is 6.53. The summed E-state index contributed by atoms with van der Waals surface area (Å²) in [7, 11) is 0. The second kappa shape index (κ2) is 6.77. The van der Waals surface area contributed by atoms with Gasteiger partial charge in [-0.05, 0) is 42.2 Å². The zero-order chi connectivity index (χ0) is 17.3. The fraction of sp³-hybridized carbons (Fsp3) is 0.214. The van der Waals surface area contributed by atoms with Crippen LogP contribution in [-0.4, -0.2) is 27.1 Å². The van der Waals surface area contributed by atoms with Gasteiger partial charge in [0.15, 0.2) is 0 Å². The Labute approximate surface area is 148 Å². The molecule has 0 atom stereocenters. The summed E-state index contributed by atoms with van der Waals surface area (Å²) in [5.74, 6) is 0.297. The van der Waals surface area contributed by atoms with Crippen LogP contribution in [0.1, 0.15) is 5.56 Å². The Morgan fingerprint density at radius 2 is 1.83 bits per heavy atom. The van der Waals surface area contributed by atoms with Gasteiger partial charge in [0.2, 0.25) is 5.89 Å². The van der Waals surface area contributed by atoms with Crippen LogP contribution in [0.5, 0.6) is 0 Å². The van der Waals surface area contributed by atoms with Gasteiger partial charge in [-0.2, -0.15) is 17.5 Å². The lowest BCUT2D eigenvalue weighted by Crippen LogP contribution is -2.04. The number of halogens is 3. The van der Waals surface area contributed by atoms with Crippen molar-refractivity contribution in [2.24, 2.45) is 0 Å². The van der Waals surface area contributed by atoms with Crippen LogP contribution < -0.4 is 0 Å². The number of rotatable bonds is 4. The van der Waals surface area contributed by atoms with Crippen molar-refractivity contribution < 1.29 is 17.6 Å². The third-order valence-corrected chi connectivity index (χ3v) is 5.82. The third kappa shape index (κ3) is 3.31. The Morgan fingerprint density at radius 3 is 2.50 bits per heavy atom. The maximum atomic E-state index is 12.8. The third-order valence-electron chi connectivity index (χ3n) is 3.08. The van der Waals surface area contributed by atoms with Gasteiger partial charge in [-0.3, -0.25) is 0 Å². The number of aromatic nitrogens is 3. The topological polar surface area (TPSA) is 51.8 Å². The molecule has 0 radical (unpaired) electrons. The zero-order valence-electron chi connectivity index (χ0n) is 12.4. The monoisotopic (exact) mass is 389 g/mol. The molecule has 0 N–H and O–H groups in total. The molecule has 0 saturated heterocycles. The number of alkyl halides is 3. The largest absolute Gasteiger partial charge is 0.416 e. The van der Waals surface area contributed by atoms with E-state index in [-0.39, 0.29) is 17.3 Å². The number of benzene rings is 1. The molecule has 0 aliphatic rings. The number of nitrogens with zero attached hydrogens (tertiary/aromatic N) is 3. The Balaban J connectivity index is 2.02. The van der Waals surface area contributed by atoms with E-state index in [1.807, 2.05) is 12.5 Å². The van der Waals surface area contributed by atoms with E-state index < -0.39 is 11.7 Å². The summed E-state index contributed by atoms with van der Waals surface area (Å²) in [6.07, 6.45) is -0.633. The van der Waals surface area contributed by atoms with Crippen LogP contribution >= 0.6 is 35.1 Å². The molecule has 0 fully saturated rings. The average Bonchev–Trinajstić information content (AvgIpc) is 3.20. The first kappa shape index (κ1) is 17.3. The SMILES string of the molecule is CSc1nsc(SC)c1-c1nnc(-c2cccc(C(F)(F)F)c2)o1. The van der Waals surface area contributed by atoms with Crippen LogP contribution in [0.25, 0.3) is 22.9 Å². The van der Waals surface area contributed by atoms with Crippen LogP contribution in [0, 0.1) is 0 Å². The summed E-state index contributed by atoms with van der Waals surface area (Å²) in [6, 6.07) is 4.81. The molecule has 2 heterocycles. The van der Waals surface area contributed by atoms with Gasteiger partial charge in [-0.25, -0.2) is 0 Å². The maximum absolute atomic E-state index is 12.8. The highest BCUT2D eigenvalue weighted by molar-refractivity contribution is 8.01. The van der Waals surface area contributed by atoms with Crippen molar-refractivity contribution in [1.82, 2.24) is 14.6 Å². The Morgan fingerprint density at radius 1 is 1.08 bits per heavy atom. The van der Waals surface area contributed by atoms with Crippen molar-refractivity contribution in [3.05, 3.63) is 29.8 Å². The molecule has 126 valence electrons. The van der Waals surface area contributed by atoms with Crippen LogP contribution in [0.3, 0.4) is 0 Å². The summed E-state index contributed by atoms with van der Waals surface area (Å²) >= 11 is 4.27. The fourth-order valence-electron chi connectivity index (χ4n) is 1.99. The van der Waals surface area contributed by atoms with E-state index >= 15 is 0 Å². The van der Waals surface area contributed by atoms with E-state index in [1.165, 1.54) is 47.2 Å². The van der Waals surface area contributed by atoms with Crippen LogP contribution in [0.15, 0.2) is 37.9 Å². The summed E-state index contributed by atoms with van der Waals surface area (Å²) in [5.41, 5.74) is 0.195. The highest BCUT2D eigenvalue weighted by atomic mass is 32.2. The molecular weight excluding hydrogens is 379 g/mol. The Kier molecular flexibility index (Phi) is 4.88. The molecule has 24 heavy (non-hydrogen) atoms. The standard InChI is InChI=1S/C14H10F3N3OS3/c1-22-12-9(13(23-2)24-20-12)11-19-18-10(21-11)7-4-3-5-8(6-7)14(15,16)17/h3-6H,1-2H3. The van der Waals surface area contributed by atoms with Gasteiger partial charge in [-0.1, -0.05) is 6.07 Å². The van der Waals surface area contributed by atoms with Crippen molar-refractivity contribution >= 4 is 35.1 Å². The van der Waals surface area contributed by atoms with Gasteiger partial charge in [-0.15, -0.1) is 33.7 Å². The Bertz CT molecular complexity index is 839. The van der Waals surface area contributed by atoms with Crippen molar-refractivity contribution in [3.63, 3.8) is 0 Å². The van der Waals surface area contributed by atoms with Crippen molar-refractivity contribution in [2.45, 2.75) is 15.4 Å². The predicted molar refractivity (Wildman–Crippen MR) is 89.4 cm³/mol. The lowest BCUT2D eigenvalue weighted by Gasteiger charge is -2.06. The van der Waals surface area contributed by atoms with Gasteiger partial charge in [0.25, 0.3) is 5.89 Å². The molecule has 3 rings (SSSR count). The van der Waals surface area contributed by atoms with E-state index in [0.29, 0.717) is 0 Å². The predicted octanol–water partition coefficient (Wildman–Crippen LogP) is 5.32. The quantitative estimate of drug-likeness (QED) is 0.563. The van der Waals surface area contributed by atoms with Crippen molar-refractivity contribution in [2.75, 3.05) is 12.5 Å². The summed E-state index contributed by atoms with van der Waals surface area (Å²) in [4.78, 5) is 0. The van der Waals surface area contributed by atoms with E-state index in [2.05, 4.69) is 14.6 Å². The van der Waals surface area contributed by atoms with Crippen LogP contribution in [-0.2, 0) is 6.18 Å². The zero-order valence-corrected chi connectivity index (χ0v) is 14.9. The number of hydrogen-bond acceptors (Lipinski definition) is 7. The van der Waals surface area contributed by atoms with Crippen LogP contribution in [0.2, 0.25) is 0 Å². The lowest BCUT2D eigenvalue weighted by atomic mass is 10.1. The number of thioether (sulfide) groups is 2. The highest BCUT2D eigenvalue weighted by Crippen LogP contribution is 2.40. The maximum Gasteiger partial charge on any atom is 0.416 e. The molecule has 0 bridgehead atoms. The molecule has 10 heteroatoms. The van der Waals surface area contributed by atoms with Crippen LogP contribution in [0.4, 0.5) is 13.2 Å². The summed E-state index contributed by atoms with van der Waals surface area (Å²) < 4.78 is 49.3. The molecule has 0 spiro atoms. The van der Waals surface area contributed by atoms with E-state index in [0.717, 1.165) is 26.9 Å². The molecule has 0 aliphatic heterocycles. The Hall–Kier alpha value is -1.52. The molecule has 0 aliphatic carbocycles. The average molecular weight is 389 g/mol. The minimum Gasteiger partial charge on any atom is -0.416 e. The molecular formula is C14H10F3N3OS3. The molecule has 0 amide bonds. The smallest absolute Gasteiger partial charge is 0.416 e. The van der Waals surface area contributed by atoms with E-state index in [9.17, 15) is 13.2 Å². The normalized spacial score (nSPS) is 11.9. The fourth-order valence-corrected chi connectivity index (χ4v) is 4.25. The van der Waals surface area contributed by atoms with Gasteiger partial charge in [0.05, 0.1) is 15.3 Å². The lowest BCUT2D eigenvalue weighted by molar-refractivity contribution is -0.137. The minimum atomic E-state index is -4.42. The minimum absolute atomic E-state index is 0.0430. The molecule has 3 aromatic rings. The first-order valence-corrected chi connectivity index (χ1v) is 9.75. The van der Waals surface area contributed by atoms with Crippen molar-refractivity contribution in [3.8, 4) is 22.9 Å². The van der Waals surface area contributed by atoms with Gasteiger partial charge in [0.1, 0.15) is 5.03 Å². The number of hydrogen-bond donors (Lipinski definition) is 0. The van der Waals surface area contributed by atoms with Gasteiger partial charge in [0, 0.05) is 5.56 Å². The van der Waals surface area contributed by atoms with Gasteiger partial charge >= 0.3 is 6.18 Å². The summed E-state index contributed by atoms with van der Waals surface area (Å²) in [5, 5.41) is 8.63.